The van der Waals surface area contributed by atoms with Gasteiger partial charge in [-0.05, 0) is 67.7 Å². The van der Waals surface area contributed by atoms with Crippen molar-refractivity contribution in [2.75, 3.05) is 13.1 Å². The Kier molecular flexibility index (Phi) is 5.19. The Balaban J connectivity index is 1.76. The third kappa shape index (κ3) is 4.60. The second-order valence-electron chi connectivity index (χ2n) is 9.55. The molecule has 0 bridgehead atoms. The van der Waals surface area contributed by atoms with Crippen LogP contribution in [0.2, 0.25) is 0 Å². The van der Waals surface area contributed by atoms with Crippen LogP contribution in [-0.2, 0) is 4.79 Å². The fraction of sp³-hybridized carbons (Fsp3) is 0.714. The number of aromatic nitrogens is 1. The number of pyridine rings is 1. The van der Waals surface area contributed by atoms with Gasteiger partial charge in [0.15, 0.2) is 0 Å². The van der Waals surface area contributed by atoms with E-state index in [9.17, 15) is 4.79 Å². The number of hydrogen-bond acceptors (Lipinski definition) is 3. The third-order valence-corrected chi connectivity index (χ3v) is 5.66. The maximum absolute atomic E-state index is 13.2. The molecular formula is C21H33N3O. The Morgan fingerprint density at radius 1 is 1.20 bits per heavy atom. The normalized spacial score (nSPS) is 24.8. The molecule has 4 heteroatoms. The fourth-order valence-electron chi connectivity index (χ4n) is 5.29. The van der Waals surface area contributed by atoms with Gasteiger partial charge in [0, 0.05) is 18.4 Å². The van der Waals surface area contributed by atoms with E-state index in [0.29, 0.717) is 0 Å². The molecule has 1 amide bonds. The van der Waals surface area contributed by atoms with Gasteiger partial charge in [0.25, 0.3) is 0 Å². The highest BCUT2D eigenvalue weighted by molar-refractivity contribution is 5.83. The average molecular weight is 344 g/mol. The lowest BCUT2D eigenvalue weighted by atomic mass is 9.63. The largest absolute Gasteiger partial charge is 0.352 e. The monoisotopic (exact) mass is 343 g/mol. The van der Waals surface area contributed by atoms with E-state index in [0.717, 1.165) is 31.5 Å². The number of hydrogen-bond donors (Lipinski definition) is 1. The summed E-state index contributed by atoms with van der Waals surface area (Å²) in [5.41, 5.74) is 1.56. The molecule has 2 aliphatic rings. The van der Waals surface area contributed by atoms with Crippen LogP contribution in [0.4, 0.5) is 0 Å². The first kappa shape index (κ1) is 18.4. The second kappa shape index (κ2) is 7.06. The lowest BCUT2D eigenvalue weighted by Crippen LogP contribution is -2.49. The summed E-state index contributed by atoms with van der Waals surface area (Å²) in [7, 11) is 0. The summed E-state index contributed by atoms with van der Waals surface area (Å²) in [5.74, 6) is 0.147. The predicted molar refractivity (Wildman–Crippen MR) is 101 cm³/mol. The average Bonchev–Trinajstić information content (AvgIpc) is 2.99. The highest BCUT2D eigenvalue weighted by Gasteiger charge is 2.40. The van der Waals surface area contributed by atoms with E-state index >= 15 is 0 Å². The van der Waals surface area contributed by atoms with E-state index in [1.807, 2.05) is 18.3 Å². The molecule has 1 saturated carbocycles. The van der Waals surface area contributed by atoms with Gasteiger partial charge in [-0.1, -0.05) is 33.8 Å². The molecule has 0 aromatic carbocycles. The van der Waals surface area contributed by atoms with Crippen molar-refractivity contribution in [3.05, 3.63) is 30.1 Å². The molecule has 1 aromatic rings. The predicted octanol–water partition coefficient (Wildman–Crippen LogP) is 3.94. The minimum atomic E-state index is -0.204. The van der Waals surface area contributed by atoms with Crippen molar-refractivity contribution in [3.8, 4) is 0 Å². The summed E-state index contributed by atoms with van der Waals surface area (Å²) in [6, 6.07) is 4.01. The molecule has 1 aliphatic carbocycles. The van der Waals surface area contributed by atoms with Crippen molar-refractivity contribution in [1.29, 1.82) is 0 Å². The Bertz CT molecular complexity index is 574. The fourth-order valence-corrected chi connectivity index (χ4v) is 5.29. The molecule has 4 nitrogen and oxygen atoms in total. The number of rotatable bonds is 4. The van der Waals surface area contributed by atoms with Crippen LogP contribution in [0, 0.1) is 10.8 Å². The zero-order chi connectivity index (χ0) is 18.1. The van der Waals surface area contributed by atoms with E-state index in [4.69, 9.17) is 0 Å². The van der Waals surface area contributed by atoms with Crippen LogP contribution in [0.25, 0.3) is 0 Å². The van der Waals surface area contributed by atoms with Crippen LogP contribution in [0.5, 0.6) is 0 Å². The molecule has 1 unspecified atom stereocenters. The Hall–Kier alpha value is -1.42. The molecule has 1 atom stereocenters. The SMILES string of the molecule is CC1(C)CC(NC(=O)C(c2cccnc2)N2CCCC2)CC(C)(C)C1. The first-order valence-electron chi connectivity index (χ1n) is 9.70. The van der Waals surface area contributed by atoms with Crippen molar-refractivity contribution in [2.24, 2.45) is 10.8 Å². The zero-order valence-corrected chi connectivity index (χ0v) is 16.2. The van der Waals surface area contributed by atoms with Gasteiger partial charge >= 0.3 is 0 Å². The number of carbonyl (C=O) groups is 1. The highest BCUT2D eigenvalue weighted by Crippen LogP contribution is 2.45. The molecule has 3 rings (SSSR count). The molecular weight excluding hydrogens is 310 g/mol. The standard InChI is InChI=1S/C21H33N3O/c1-20(2)12-17(13-21(3,4)15-20)23-19(25)18(24-10-5-6-11-24)16-8-7-9-22-14-16/h7-9,14,17-18H,5-6,10-13,15H2,1-4H3,(H,23,25). The van der Waals surface area contributed by atoms with Crippen molar-refractivity contribution >= 4 is 5.91 Å². The zero-order valence-electron chi connectivity index (χ0n) is 16.2. The smallest absolute Gasteiger partial charge is 0.242 e. The molecule has 1 aliphatic heterocycles. The molecule has 1 aromatic heterocycles. The summed E-state index contributed by atoms with van der Waals surface area (Å²) >= 11 is 0. The second-order valence-corrected chi connectivity index (χ2v) is 9.55. The lowest BCUT2D eigenvalue weighted by molar-refractivity contribution is -0.128. The third-order valence-electron chi connectivity index (χ3n) is 5.66. The Morgan fingerprint density at radius 2 is 1.84 bits per heavy atom. The number of carbonyl (C=O) groups excluding carboxylic acids is 1. The maximum atomic E-state index is 13.2. The van der Waals surface area contributed by atoms with Gasteiger partial charge in [0.1, 0.15) is 6.04 Å². The number of amides is 1. The Labute approximate surface area is 152 Å². The van der Waals surface area contributed by atoms with Gasteiger partial charge in [-0.25, -0.2) is 0 Å². The number of nitrogens with one attached hydrogen (secondary N) is 1. The van der Waals surface area contributed by atoms with Crippen molar-refractivity contribution in [2.45, 2.75) is 71.9 Å². The van der Waals surface area contributed by atoms with Crippen LogP contribution in [0.3, 0.4) is 0 Å². The van der Waals surface area contributed by atoms with Crippen LogP contribution < -0.4 is 5.32 Å². The maximum Gasteiger partial charge on any atom is 0.242 e. The molecule has 1 saturated heterocycles. The van der Waals surface area contributed by atoms with Crippen LogP contribution >= 0.6 is 0 Å². The molecule has 0 spiro atoms. The van der Waals surface area contributed by atoms with Gasteiger partial charge < -0.3 is 5.32 Å². The summed E-state index contributed by atoms with van der Waals surface area (Å²) in [4.78, 5) is 19.8. The van der Waals surface area contributed by atoms with Gasteiger partial charge in [-0.3, -0.25) is 14.7 Å². The van der Waals surface area contributed by atoms with E-state index < -0.39 is 0 Å². The van der Waals surface area contributed by atoms with Gasteiger partial charge in [0.05, 0.1) is 0 Å². The lowest BCUT2D eigenvalue weighted by Gasteiger charge is -2.45. The first-order chi connectivity index (χ1) is 11.8. The van der Waals surface area contributed by atoms with Crippen molar-refractivity contribution in [1.82, 2.24) is 15.2 Å². The van der Waals surface area contributed by atoms with Gasteiger partial charge in [-0.2, -0.15) is 0 Å². The van der Waals surface area contributed by atoms with E-state index in [2.05, 4.69) is 42.9 Å². The number of likely N-dealkylation sites (tertiary alicyclic amines) is 1. The highest BCUT2D eigenvalue weighted by atomic mass is 16.2. The minimum Gasteiger partial charge on any atom is -0.352 e. The first-order valence-corrected chi connectivity index (χ1v) is 9.70. The topological polar surface area (TPSA) is 45.2 Å². The molecule has 138 valence electrons. The summed E-state index contributed by atoms with van der Waals surface area (Å²) in [5, 5.41) is 3.40. The van der Waals surface area contributed by atoms with Crippen LogP contribution in [0.1, 0.15) is 71.4 Å². The van der Waals surface area contributed by atoms with Gasteiger partial charge in [-0.15, -0.1) is 0 Å². The van der Waals surface area contributed by atoms with Crippen molar-refractivity contribution < 1.29 is 4.79 Å². The Morgan fingerprint density at radius 3 is 2.40 bits per heavy atom. The molecule has 0 radical (unpaired) electrons. The summed E-state index contributed by atoms with van der Waals surface area (Å²) in [6.45, 7) is 11.3. The summed E-state index contributed by atoms with van der Waals surface area (Å²) in [6.07, 6.45) is 9.29. The molecule has 2 fully saturated rings. The minimum absolute atomic E-state index is 0.147. The molecule has 1 N–H and O–H groups in total. The van der Waals surface area contributed by atoms with Crippen LogP contribution in [0.15, 0.2) is 24.5 Å². The van der Waals surface area contributed by atoms with E-state index in [1.54, 1.807) is 6.20 Å². The van der Waals surface area contributed by atoms with Crippen molar-refractivity contribution in [3.63, 3.8) is 0 Å². The van der Waals surface area contributed by atoms with Crippen LogP contribution in [-0.4, -0.2) is 34.9 Å². The number of nitrogens with zero attached hydrogens (tertiary/aromatic N) is 2. The summed E-state index contributed by atoms with van der Waals surface area (Å²) < 4.78 is 0. The van der Waals surface area contributed by atoms with E-state index in [1.165, 1.54) is 19.3 Å². The molecule has 2 heterocycles. The van der Waals surface area contributed by atoms with E-state index in [-0.39, 0.29) is 28.8 Å². The quantitative estimate of drug-likeness (QED) is 0.900. The molecule has 25 heavy (non-hydrogen) atoms. The van der Waals surface area contributed by atoms with Gasteiger partial charge in [0.2, 0.25) is 5.91 Å².